The lowest BCUT2D eigenvalue weighted by atomic mass is 9.73. The molecule has 108 valence electrons. The Labute approximate surface area is 113 Å². The summed E-state index contributed by atoms with van der Waals surface area (Å²) < 4.78 is 0. The first kappa shape index (κ1) is 15.9. The third-order valence-corrected chi connectivity index (χ3v) is 4.35. The molecule has 1 fully saturated rings. The molecule has 0 saturated carbocycles. The fourth-order valence-electron chi connectivity index (χ4n) is 2.76. The highest BCUT2D eigenvalue weighted by Crippen LogP contribution is 2.34. The van der Waals surface area contributed by atoms with Crippen LogP contribution in [0.4, 0.5) is 0 Å². The maximum Gasteiger partial charge on any atom is 0.0109 e. The van der Waals surface area contributed by atoms with Gasteiger partial charge in [-0.25, -0.2) is 0 Å². The lowest BCUT2D eigenvalue weighted by Gasteiger charge is -2.40. The third kappa shape index (κ3) is 5.68. The molecule has 1 saturated heterocycles. The lowest BCUT2D eigenvalue weighted by Crippen LogP contribution is -2.43. The average molecular weight is 255 g/mol. The van der Waals surface area contributed by atoms with Crippen molar-refractivity contribution in [1.29, 1.82) is 0 Å². The predicted octanol–water partition coefficient (Wildman–Crippen LogP) is 2.07. The number of hydrogen-bond acceptors (Lipinski definition) is 3. The van der Waals surface area contributed by atoms with E-state index in [9.17, 15) is 0 Å². The van der Waals surface area contributed by atoms with E-state index >= 15 is 0 Å². The van der Waals surface area contributed by atoms with Crippen molar-refractivity contribution >= 4 is 0 Å². The van der Waals surface area contributed by atoms with Crippen molar-refractivity contribution in [2.75, 3.05) is 33.2 Å². The van der Waals surface area contributed by atoms with Crippen molar-refractivity contribution < 1.29 is 0 Å². The van der Waals surface area contributed by atoms with Crippen molar-refractivity contribution in [1.82, 2.24) is 10.2 Å². The molecule has 3 heteroatoms. The number of hydrogen-bond donors (Lipinski definition) is 2. The zero-order valence-corrected chi connectivity index (χ0v) is 13.1. The zero-order chi connectivity index (χ0) is 13.8. The topological polar surface area (TPSA) is 41.3 Å². The van der Waals surface area contributed by atoms with Crippen LogP contribution in [0.2, 0.25) is 0 Å². The quantitative estimate of drug-likeness (QED) is 0.714. The van der Waals surface area contributed by atoms with Gasteiger partial charge in [-0.1, -0.05) is 13.8 Å². The number of nitrogens with zero attached hydrogens (tertiary/aromatic N) is 1. The van der Waals surface area contributed by atoms with E-state index in [1.165, 1.54) is 25.9 Å². The number of piperidine rings is 1. The lowest BCUT2D eigenvalue weighted by molar-refractivity contribution is 0.113. The Bertz CT molecular complexity index is 235. The maximum absolute atomic E-state index is 6.00. The summed E-state index contributed by atoms with van der Waals surface area (Å²) in [6.07, 6.45) is 3.72. The normalized spacial score (nSPS) is 20.3. The number of nitrogens with one attached hydrogen (secondary N) is 1. The SMILES string of the molecule is CN1CCC(C(C)(C)CNCCC(C)(C)N)CC1. The molecule has 0 atom stereocenters. The van der Waals surface area contributed by atoms with Crippen LogP contribution in [0, 0.1) is 11.3 Å². The molecule has 0 bridgehead atoms. The van der Waals surface area contributed by atoms with Gasteiger partial charge >= 0.3 is 0 Å². The van der Waals surface area contributed by atoms with Crippen molar-refractivity contribution in [3.05, 3.63) is 0 Å². The second-order valence-electron chi connectivity index (χ2n) is 7.48. The van der Waals surface area contributed by atoms with Crippen LogP contribution in [0.5, 0.6) is 0 Å². The monoisotopic (exact) mass is 255 g/mol. The second kappa shape index (κ2) is 6.36. The molecular weight excluding hydrogens is 222 g/mol. The van der Waals surface area contributed by atoms with Gasteiger partial charge in [0.05, 0.1) is 0 Å². The molecule has 0 aliphatic carbocycles. The molecule has 1 rings (SSSR count). The summed E-state index contributed by atoms with van der Waals surface area (Å²) in [5.74, 6) is 0.854. The van der Waals surface area contributed by atoms with E-state index in [-0.39, 0.29) is 5.54 Å². The van der Waals surface area contributed by atoms with Crippen LogP contribution >= 0.6 is 0 Å². The fourth-order valence-corrected chi connectivity index (χ4v) is 2.76. The van der Waals surface area contributed by atoms with Crippen LogP contribution in [0.15, 0.2) is 0 Å². The van der Waals surface area contributed by atoms with E-state index in [1.807, 2.05) is 0 Å². The van der Waals surface area contributed by atoms with Gasteiger partial charge in [0, 0.05) is 12.1 Å². The molecule has 0 aromatic heterocycles. The Kier molecular flexibility index (Phi) is 5.63. The maximum atomic E-state index is 6.00. The van der Waals surface area contributed by atoms with E-state index < -0.39 is 0 Å². The second-order valence-corrected chi connectivity index (χ2v) is 7.48. The summed E-state index contributed by atoms with van der Waals surface area (Å²) in [6, 6.07) is 0. The standard InChI is InChI=1S/C15H33N3/c1-14(2,12-17-9-8-15(3,4)16)13-6-10-18(5)11-7-13/h13,17H,6-12,16H2,1-5H3. The van der Waals surface area contributed by atoms with Gasteiger partial charge in [-0.05, 0) is 71.1 Å². The molecule has 18 heavy (non-hydrogen) atoms. The minimum atomic E-state index is -0.0509. The summed E-state index contributed by atoms with van der Waals surface area (Å²) in [7, 11) is 2.23. The number of rotatable bonds is 6. The molecule has 1 heterocycles. The van der Waals surface area contributed by atoms with Crippen molar-refractivity contribution in [3.8, 4) is 0 Å². The first-order valence-electron chi connectivity index (χ1n) is 7.39. The van der Waals surface area contributed by atoms with Crippen LogP contribution in [0.1, 0.15) is 47.0 Å². The van der Waals surface area contributed by atoms with Gasteiger partial charge in [-0.15, -0.1) is 0 Å². The largest absolute Gasteiger partial charge is 0.326 e. The van der Waals surface area contributed by atoms with Gasteiger partial charge in [0.1, 0.15) is 0 Å². The molecular formula is C15H33N3. The zero-order valence-electron chi connectivity index (χ0n) is 13.1. The van der Waals surface area contributed by atoms with E-state index in [0.29, 0.717) is 5.41 Å². The van der Waals surface area contributed by atoms with Crippen LogP contribution in [0.25, 0.3) is 0 Å². The van der Waals surface area contributed by atoms with Gasteiger partial charge in [0.2, 0.25) is 0 Å². The van der Waals surface area contributed by atoms with E-state index in [2.05, 4.69) is 45.0 Å². The van der Waals surface area contributed by atoms with E-state index in [0.717, 1.165) is 25.4 Å². The summed E-state index contributed by atoms with van der Waals surface area (Å²) in [6.45, 7) is 13.6. The number of nitrogens with two attached hydrogens (primary N) is 1. The number of likely N-dealkylation sites (tertiary alicyclic amines) is 1. The Morgan fingerprint density at radius 1 is 1.17 bits per heavy atom. The molecule has 0 aromatic carbocycles. The smallest absolute Gasteiger partial charge is 0.0109 e. The summed E-state index contributed by atoms with van der Waals surface area (Å²) in [5, 5.41) is 3.60. The van der Waals surface area contributed by atoms with Gasteiger partial charge < -0.3 is 16.0 Å². The molecule has 0 amide bonds. The highest BCUT2D eigenvalue weighted by molar-refractivity contribution is 4.85. The minimum Gasteiger partial charge on any atom is -0.326 e. The first-order valence-corrected chi connectivity index (χ1v) is 7.39. The molecule has 3 nitrogen and oxygen atoms in total. The Morgan fingerprint density at radius 3 is 2.22 bits per heavy atom. The average Bonchev–Trinajstić information content (AvgIpc) is 2.24. The van der Waals surface area contributed by atoms with Gasteiger partial charge in [0.25, 0.3) is 0 Å². The Morgan fingerprint density at radius 2 is 1.72 bits per heavy atom. The summed E-state index contributed by atoms with van der Waals surface area (Å²) in [4.78, 5) is 2.44. The molecule has 1 aliphatic heterocycles. The molecule has 0 radical (unpaired) electrons. The van der Waals surface area contributed by atoms with E-state index in [1.54, 1.807) is 0 Å². The van der Waals surface area contributed by atoms with Crippen LogP contribution < -0.4 is 11.1 Å². The highest BCUT2D eigenvalue weighted by atomic mass is 15.1. The van der Waals surface area contributed by atoms with Gasteiger partial charge in [-0.2, -0.15) is 0 Å². The minimum absolute atomic E-state index is 0.0509. The van der Waals surface area contributed by atoms with Gasteiger partial charge in [0.15, 0.2) is 0 Å². The van der Waals surface area contributed by atoms with Crippen LogP contribution in [0.3, 0.4) is 0 Å². The van der Waals surface area contributed by atoms with Crippen LogP contribution in [-0.2, 0) is 0 Å². The fraction of sp³-hybridized carbons (Fsp3) is 1.00. The van der Waals surface area contributed by atoms with Crippen molar-refractivity contribution in [3.63, 3.8) is 0 Å². The summed E-state index contributed by atoms with van der Waals surface area (Å²) in [5.41, 5.74) is 6.35. The van der Waals surface area contributed by atoms with E-state index in [4.69, 9.17) is 5.73 Å². The molecule has 3 N–H and O–H groups in total. The first-order chi connectivity index (χ1) is 8.21. The summed E-state index contributed by atoms with van der Waals surface area (Å²) >= 11 is 0. The Hall–Kier alpha value is -0.120. The third-order valence-electron chi connectivity index (χ3n) is 4.35. The van der Waals surface area contributed by atoms with Crippen molar-refractivity contribution in [2.45, 2.75) is 52.5 Å². The predicted molar refractivity (Wildman–Crippen MR) is 79.8 cm³/mol. The molecule has 0 aromatic rings. The molecule has 1 aliphatic rings. The molecule has 0 spiro atoms. The van der Waals surface area contributed by atoms with Gasteiger partial charge in [-0.3, -0.25) is 0 Å². The molecule has 0 unspecified atom stereocenters. The highest BCUT2D eigenvalue weighted by Gasteiger charge is 2.31. The van der Waals surface area contributed by atoms with Crippen molar-refractivity contribution in [2.24, 2.45) is 17.1 Å². The Balaban J connectivity index is 2.26. The van der Waals surface area contributed by atoms with Crippen LogP contribution in [-0.4, -0.2) is 43.7 Å².